The number of fused-ring (bicyclic) bond motifs is 2. The van der Waals surface area contributed by atoms with E-state index < -0.39 is 11.9 Å². The van der Waals surface area contributed by atoms with Crippen LogP contribution in [0.3, 0.4) is 0 Å². The number of para-hydroxylation sites is 2. The topological polar surface area (TPSA) is 240 Å². The van der Waals surface area contributed by atoms with Crippen molar-refractivity contribution in [3.63, 3.8) is 0 Å². The highest BCUT2D eigenvalue weighted by molar-refractivity contribution is 6.35. The van der Waals surface area contributed by atoms with Crippen molar-refractivity contribution in [2.45, 2.75) is 13.1 Å². The second-order valence-electron chi connectivity index (χ2n) is 12.4. The highest BCUT2D eigenvalue weighted by atomic mass is 35.5. The van der Waals surface area contributed by atoms with E-state index in [1.807, 2.05) is 91.0 Å². The highest BCUT2D eigenvalue weighted by Crippen LogP contribution is 2.24. The summed E-state index contributed by atoms with van der Waals surface area (Å²) in [6, 6.07) is 33.0. The summed E-state index contributed by atoms with van der Waals surface area (Å²) < 4.78 is 3.16. The van der Waals surface area contributed by atoms with Gasteiger partial charge in [0.25, 0.3) is 17.0 Å². The van der Waals surface area contributed by atoms with E-state index in [1.165, 1.54) is 29.4 Å². The van der Waals surface area contributed by atoms with Crippen LogP contribution in [0.25, 0.3) is 32.9 Å². The van der Waals surface area contributed by atoms with Crippen LogP contribution in [-0.4, -0.2) is 46.1 Å². The monoisotopic (exact) mass is 828 g/mol. The number of nitrogen functional groups attached to an aromatic ring is 2. The molecule has 0 atom stereocenters. The van der Waals surface area contributed by atoms with Gasteiger partial charge in [0.2, 0.25) is 0 Å². The fraction of sp³-hybridized carbons (Fsp3) is 0.0476. The number of carbonyl (C=O) groups is 2. The number of benzene rings is 4. The van der Waals surface area contributed by atoms with Crippen LogP contribution in [-0.2, 0) is 13.1 Å². The Kier molecular flexibility index (Phi) is 13.0. The van der Waals surface area contributed by atoms with Crippen LogP contribution in [0.15, 0.2) is 144 Å². The summed E-state index contributed by atoms with van der Waals surface area (Å²) in [5.41, 5.74) is 18.9. The van der Waals surface area contributed by atoms with Crippen molar-refractivity contribution in [2.75, 3.05) is 11.5 Å². The van der Waals surface area contributed by atoms with Crippen molar-refractivity contribution >= 4 is 68.3 Å². The van der Waals surface area contributed by atoms with Crippen molar-refractivity contribution in [3.8, 4) is 11.4 Å². The molecule has 0 fully saturated rings. The van der Waals surface area contributed by atoms with Gasteiger partial charge in [0, 0.05) is 54.1 Å². The Labute approximate surface area is 345 Å². The van der Waals surface area contributed by atoms with Crippen LogP contribution in [0.5, 0.6) is 0 Å². The SMILES string of the molecule is NCc1cc2cccc(Cl)c2c(=O)n1-c1ccccc1.Nc1nccnc1C(=O)NCc1cc2cccc(Cl)c2c(=O)n1-c1ccccc1.Nc1nccnc1C(=O)O. The molecule has 0 aliphatic heterocycles. The second-order valence-corrected chi connectivity index (χ2v) is 13.2. The fourth-order valence-electron chi connectivity index (χ4n) is 6.04. The highest BCUT2D eigenvalue weighted by Gasteiger charge is 2.17. The summed E-state index contributed by atoms with van der Waals surface area (Å²) in [6.07, 6.45) is 5.41. The lowest BCUT2D eigenvalue weighted by atomic mass is 10.1. The Balaban J connectivity index is 0.000000168. The molecule has 0 aliphatic rings. The number of aromatic carboxylic acids is 1. The van der Waals surface area contributed by atoms with E-state index in [2.05, 4.69) is 25.3 Å². The van der Waals surface area contributed by atoms with Crippen molar-refractivity contribution < 1.29 is 14.7 Å². The summed E-state index contributed by atoms with van der Waals surface area (Å²) in [7, 11) is 0. The first kappa shape index (κ1) is 41.2. The third-order valence-electron chi connectivity index (χ3n) is 8.68. The summed E-state index contributed by atoms with van der Waals surface area (Å²) in [5, 5.41) is 14.4. The van der Waals surface area contributed by atoms with Crippen molar-refractivity contribution in [2.24, 2.45) is 5.73 Å². The Morgan fingerprint density at radius 1 is 0.610 bits per heavy atom. The molecule has 4 aromatic carbocycles. The minimum atomic E-state index is -1.16. The molecule has 0 saturated carbocycles. The normalized spacial score (nSPS) is 10.6. The Morgan fingerprint density at radius 2 is 1.05 bits per heavy atom. The lowest BCUT2D eigenvalue weighted by molar-refractivity contribution is 0.0691. The number of hydrogen-bond donors (Lipinski definition) is 5. The number of carbonyl (C=O) groups excluding carboxylic acids is 1. The van der Waals surface area contributed by atoms with Crippen molar-refractivity contribution in [1.82, 2.24) is 34.4 Å². The number of amides is 1. The van der Waals surface area contributed by atoms with Gasteiger partial charge in [0.1, 0.15) is 0 Å². The van der Waals surface area contributed by atoms with Gasteiger partial charge in [-0.25, -0.2) is 24.7 Å². The molecular formula is C42H34Cl2N10O5. The third kappa shape index (κ3) is 9.24. The first-order valence-electron chi connectivity index (χ1n) is 17.6. The summed E-state index contributed by atoms with van der Waals surface area (Å²) in [4.78, 5) is 63.6. The van der Waals surface area contributed by atoms with Crippen LogP contribution < -0.4 is 33.6 Å². The van der Waals surface area contributed by atoms with Crippen LogP contribution in [0.4, 0.5) is 11.6 Å². The number of carboxylic acids is 1. The van der Waals surface area contributed by atoms with E-state index in [1.54, 1.807) is 22.8 Å². The maximum Gasteiger partial charge on any atom is 0.358 e. The molecule has 8 rings (SSSR count). The molecule has 0 saturated heterocycles. The number of halogens is 2. The maximum atomic E-state index is 13.3. The van der Waals surface area contributed by atoms with Crippen LogP contribution in [0.1, 0.15) is 32.4 Å². The number of rotatable bonds is 7. The quantitative estimate of drug-likeness (QED) is 0.128. The van der Waals surface area contributed by atoms with E-state index in [0.717, 1.165) is 16.8 Å². The molecule has 1 amide bonds. The number of hydrogen-bond acceptors (Lipinski definition) is 11. The number of nitrogens with zero attached hydrogens (tertiary/aromatic N) is 6. The van der Waals surface area contributed by atoms with Gasteiger partial charge in [0.05, 0.1) is 27.4 Å². The third-order valence-corrected chi connectivity index (χ3v) is 9.31. The van der Waals surface area contributed by atoms with Gasteiger partial charge >= 0.3 is 5.97 Å². The van der Waals surface area contributed by atoms with E-state index in [0.29, 0.717) is 37.6 Å². The lowest BCUT2D eigenvalue weighted by Gasteiger charge is -2.16. The molecule has 59 heavy (non-hydrogen) atoms. The standard InChI is InChI=1S/C21H16ClN5O2.C16H13ClN2O.C5H5N3O2/c22-16-8-4-5-13-11-15(12-26-20(28)18-19(23)25-10-9-24-18)27(21(29)17(13)16)14-6-2-1-3-7-14;17-14-8-4-5-11-9-13(10-18)19(16(20)15(11)14)12-6-2-1-3-7-12;6-4-3(5(9)10)7-1-2-8-4/h1-11H,12H2,(H2,23,25)(H,26,28);1-9H,10,18H2;1-2H,(H2,6,8)(H,9,10). The first-order chi connectivity index (χ1) is 28.5. The lowest BCUT2D eigenvalue weighted by Crippen LogP contribution is -2.30. The maximum absolute atomic E-state index is 13.3. The largest absolute Gasteiger partial charge is 0.476 e. The van der Waals surface area contributed by atoms with Crippen molar-refractivity contribution in [3.05, 3.63) is 188 Å². The minimum absolute atomic E-state index is 0.0324. The molecule has 8 N–H and O–H groups in total. The Morgan fingerprint density at radius 3 is 1.49 bits per heavy atom. The molecule has 0 unspecified atom stereocenters. The summed E-state index contributed by atoms with van der Waals surface area (Å²) in [5.74, 6) is -1.66. The predicted octanol–water partition coefficient (Wildman–Crippen LogP) is 5.81. The van der Waals surface area contributed by atoms with Crippen LogP contribution in [0.2, 0.25) is 10.0 Å². The van der Waals surface area contributed by atoms with Gasteiger partial charge in [-0.3, -0.25) is 23.5 Å². The van der Waals surface area contributed by atoms with E-state index in [9.17, 15) is 19.2 Å². The number of anilines is 2. The predicted molar refractivity (Wildman–Crippen MR) is 228 cm³/mol. The van der Waals surface area contributed by atoms with Crippen LogP contribution in [0, 0.1) is 0 Å². The zero-order valence-electron chi connectivity index (χ0n) is 30.9. The molecule has 4 heterocycles. The number of nitrogens with two attached hydrogens (primary N) is 3. The average molecular weight is 830 g/mol. The zero-order chi connectivity index (χ0) is 42.1. The molecule has 0 radical (unpaired) electrons. The molecular weight excluding hydrogens is 795 g/mol. The Bertz CT molecular complexity index is 2930. The van der Waals surface area contributed by atoms with Gasteiger partial charge in [-0.15, -0.1) is 0 Å². The van der Waals surface area contributed by atoms with Gasteiger partial charge in [-0.1, -0.05) is 83.9 Å². The second kappa shape index (κ2) is 18.7. The van der Waals surface area contributed by atoms with Crippen molar-refractivity contribution in [1.29, 1.82) is 0 Å². The Hall–Kier alpha value is -7.46. The molecule has 15 nitrogen and oxygen atoms in total. The molecule has 0 bridgehead atoms. The smallest absolute Gasteiger partial charge is 0.358 e. The molecule has 4 aromatic heterocycles. The number of nitrogens with one attached hydrogen (secondary N) is 1. The molecule has 0 spiro atoms. The van der Waals surface area contributed by atoms with Gasteiger partial charge < -0.3 is 27.6 Å². The van der Waals surface area contributed by atoms with E-state index in [4.69, 9.17) is 45.5 Å². The number of aromatic nitrogens is 6. The van der Waals surface area contributed by atoms with E-state index >= 15 is 0 Å². The minimum Gasteiger partial charge on any atom is -0.476 e. The number of pyridine rings is 2. The van der Waals surface area contributed by atoms with Gasteiger partial charge in [0.15, 0.2) is 23.0 Å². The molecule has 8 aromatic rings. The van der Waals surface area contributed by atoms with E-state index in [-0.39, 0.29) is 47.2 Å². The average Bonchev–Trinajstić information content (AvgIpc) is 3.24. The number of carboxylic acid groups (broad SMARTS) is 1. The molecule has 0 aliphatic carbocycles. The van der Waals surface area contributed by atoms with Crippen LogP contribution >= 0.6 is 23.2 Å². The van der Waals surface area contributed by atoms with Gasteiger partial charge in [-0.2, -0.15) is 0 Å². The zero-order valence-corrected chi connectivity index (χ0v) is 32.4. The fourth-order valence-corrected chi connectivity index (χ4v) is 6.56. The van der Waals surface area contributed by atoms with Gasteiger partial charge in [-0.05, 0) is 59.3 Å². The first-order valence-corrected chi connectivity index (χ1v) is 18.4. The summed E-state index contributed by atoms with van der Waals surface area (Å²) in [6.45, 7) is 0.369. The summed E-state index contributed by atoms with van der Waals surface area (Å²) >= 11 is 12.5. The molecule has 17 heteroatoms. The molecule has 296 valence electrons.